The third-order valence-electron chi connectivity index (χ3n) is 3.30. The molecule has 0 aliphatic heterocycles. The fourth-order valence-corrected chi connectivity index (χ4v) is 3.19. The fraction of sp³-hybridized carbons (Fsp3) is 0.222. The maximum Gasteiger partial charge on any atom is 0.311 e. The highest BCUT2D eigenvalue weighted by molar-refractivity contribution is 6.40. The minimum absolute atomic E-state index is 0.00395. The Hall–Kier alpha value is -1.46. The van der Waals surface area contributed by atoms with Crippen LogP contribution in [-0.2, 0) is 9.59 Å². The molecule has 0 radical (unpaired) electrons. The number of esters is 2. The van der Waals surface area contributed by atoms with Crippen molar-refractivity contribution >= 4 is 58.3 Å². The van der Waals surface area contributed by atoms with Gasteiger partial charge in [0.15, 0.2) is 5.75 Å². The minimum atomic E-state index is -0.563. The molecule has 138 valence electrons. The summed E-state index contributed by atoms with van der Waals surface area (Å²) in [4.78, 5) is 23.8. The first-order chi connectivity index (χ1) is 12.3. The zero-order valence-corrected chi connectivity index (χ0v) is 16.7. The fourth-order valence-electron chi connectivity index (χ4n) is 2.07. The molecule has 0 aliphatic rings. The average molecular weight is 436 g/mol. The largest absolute Gasteiger partial charge is 0.426 e. The third-order valence-corrected chi connectivity index (χ3v) is 4.32. The molecule has 0 spiro atoms. The monoisotopic (exact) mass is 434 g/mol. The number of rotatable bonds is 6. The van der Waals surface area contributed by atoms with E-state index in [4.69, 9.17) is 55.9 Å². The van der Waals surface area contributed by atoms with Crippen molar-refractivity contribution in [2.45, 2.75) is 26.2 Å². The van der Waals surface area contributed by atoms with E-state index < -0.39 is 11.9 Å². The van der Waals surface area contributed by atoms with Gasteiger partial charge < -0.3 is 9.47 Å². The standard InChI is InChI=1S/C18H14Cl4O4/c1-10-7-11(19)5-6-15(10)25-16(23)3-2-4-17(24)26-18-13(21)8-12(20)9-14(18)22/h5-9H,2-4H2,1H3. The van der Waals surface area contributed by atoms with E-state index in [1.54, 1.807) is 25.1 Å². The van der Waals surface area contributed by atoms with Crippen molar-refractivity contribution in [3.8, 4) is 11.5 Å². The van der Waals surface area contributed by atoms with Gasteiger partial charge in [-0.15, -0.1) is 0 Å². The molecule has 2 aromatic carbocycles. The lowest BCUT2D eigenvalue weighted by Gasteiger charge is -2.09. The molecule has 4 nitrogen and oxygen atoms in total. The second-order valence-electron chi connectivity index (χ2n) is 5.41. The van der Waals surface area contributed by atoms with Crippen molar-refractivity contribution in [1.82, 2.24) is 0 Å². The summed E-state index contributed by atoms with van der Waals surface area (Å²) < 4.78 is 10.4. The summed E-state index contributed by atoms with van der Waals surface area (Å²) in [6.07, 6.45) is 0.316. The highest BCUT2D eigenvalue weighted by Gasteiger charge is 2.15. The second kappa shape index (κ2) is 9.47. The summed E-state index contributed by atoms with van der Waals surface area (Å²) >= 11 is 23.5. The first-order valence-electron chi connectivity index (χ1n) is 7.58. The average Bonchev–Trinajstić information content (AvgIpc) is 2.53. The number of halogens is 4. The first kappa shape index (κ1) is 20.8. The van der Waals surface area contributed by atoms with Crippen molar-refractivity contribution in [3.05, 3.63) is 56.0 Å². The molecular formula is C18H14Cl4O4. The van der Waals surface area contributed by atoms with E-state index in [9.17, 15) is 9.59 Å². The van der Waals surface area contributed by atoms with Crippen LogP contribution in [0.4, 0.5) is 0 Å². The Morgan fingerprint density at radius 1 is 0.846 bits per heavy atom. The Labute approximate surface area is 170 Å². The first-order valence-corrected chi connectivity index (χ1v) is 9.09. The summed E-state index contributed by atoms with van der Waals surface area (Å²) in [7, 11) is 0. The summed E-state index contributed by atoms with van der Waals surface area (Å²) in [5.74, 6) is -0.541. The van der Waals surface area contributed by atoms with Crippen LogP contribution in [0.3, 0.4) is 0 Å². The molecule has 0 saturated carbocycles. The number of benzene rings is 2. The summed E-state index contributed by atoms with van der Waals surface area (Å²) in [6, 6.07) is 7.79. The molecule has 2 aromatic rings. The molecular weight excluding hydrogens is 422 g/mol. The van der Waals surface area contributed by atoms with Crippen LogP contribution >= 0.6 is 46.4 Å². The van der Waals surface area contributed by atoms with Crippen molar-refractivity contribution < 1.29 is 19.1 Å². The molecule has 8 heteroatoms. The van der Waals surface area contributed by atoms with Crippen molar-refractivity contribution in [1.29, 1.82) is 0 Å². The van der Waals surface area contributed by atoms with Gasteiger partial charge in [-0.3, -0.25) is 9.59 Å². The van der Waals surface area contributed by atoms with Gasteiger partial charge in [0.1, 0.15) is 5.75 Å². The molecule has 0 aromatic heterocycles. The van der Waals surface area contributed by atoms with E-state index >= 15 is 0 Å². The Kier molecular flexibility index (Phi) is 7.59. The van der Waals surface area contributed by atoms with Gasteiger partial charge in [-0.2, -0.15) is 0 Å². The molecule has 0 atom stereocenters. The van der Waals surface area contributed by atoms with Gasteiger partial charge in [0.05, 0.1) is 10.0 Å². The Bertz CT molecular complexity index is 813. The van der Waals surface area contributed by atoms with E-state index in [0.717, 1.165) is 5.56 Å². The lowest BCUT2D eigenvalue weighted by atomic mass is 10.2. The summed E-state index contributed by atoms with van der Waals surface area (Å²) in [5, 5.41) is 1.16. The number of hydrogen-bond acceptors (Lipinski definition) is 4. The normalized spacial score (nSPS) is 10.5. The van der Waals surface area contributed by atoms with Crippen LogP contribution in [-0.4, -0.2) is 11.9 Å². The molecule has 2 rings (SSSR count). The third kappa shape index (κ3) is 6.06. The molecule has 0 aliphatic carbocycles. The van der Waals surface area contributed by atoms with Gasteiger partial charge >= 0.3 is 11.9 Å². The number of aryl methyl sites for hydroxylation is 1. The van der Waals surface area contributed by atoms with E-state index in [1.165, 1.54) is 12.1 Å². The van der Waals surface area contributed by atoms with Gasteiger partial charge in [0, 0.05) is 22.9 Å². The molecule has 26 heavy (non-hydrogen) atoms. The van der Waals surface area contributed by atoms with Crippen LogP contribution in [0.5, 0.6) is 11.5 Å². The highest BCUT2D eigenvalue weighted by atomic mass is 35.5. The number of hydrogen-bond donors (Lipinski definition) is 0. The lowest BCUT2D eigenvalue weighted by molar-refractivity contribution is -0.136. The zero-order chi connectivity index (χ0) is 19.3. The predicted octanol–water partition coefficient (Wildman–Crippen LogP) is 6.29. The van der Waals surface area contributed by atoms with E-state index in [0.29, 0.717) is 15.8 Å². The number of carbonyl (C=O) groups is 2. The van der Waals surface area contributed by atoms with Crippen molar-refractivity contribution in [2.75, 3.05) is 0 Å². The molecule has 0 heterocycles. The van der Waals surface area contributed by atoms with Crippen LogP contribution in [0.15, 0.2) is 30.3 Å². The molecule has 0 unspecified atom stereocenters. The highest BCUT2D eigenvalue weighted by Crippen LogP contribution is 2.36. The maximum absolute atomic E-state index is 11.9. The Morgan fingerprint density at radius 2 is 1.42 bits per heavy atom. The molecule has 0 N–H and O–H groups in total. The predicted molar refractivity (Wildman–Crippen MR) is 103 cm³/mol. The second-order valence-corrected chi connectivity index (χ2v) is 7.10. The van der Waals surface area contributed by atoms with E-state index in [2.05, 4.69) is 0 Å². The SMILES string of the molecule is Cc1cc(Cl)ccc1OC(=O)CCCC(=O)Oc1c(Cl)cc(Cl)cc1Cl. The van der Waals surface area contributed by atoms with Crippen LogP contribution in [0.25, 0.3) is 0 Å². The summed E-state index contributed by atoms with van der Waals surface area (Å²) in [5.41, 5.74) is 0.747. The lowest BCUT2D eigenvalue weighted by Crippen LogP contribution is -2.12. The van der Waals surface area contributed by atoms with Crippen molar-refractivity contribution in [3.63, 3.8) is 0 Å². The number of carbonyl (C=O) groups excluding carboxylic acids is 2. The zero-order valence-electron chi connectivity index (χ0n) is 13.7. The van der Waals surface area contributed by atoms with E-state index in [-0.39, 0.29) is 35.1 Å². The summed E-state index contributed by atoms with van der Waals surface area (Å²) in [6.45, 7) is 1.78. The van der Waals surface area contributed by atoms with Gasteiger partial charge in [-0.05, 0) is 49.2 Å². The van der Waals surface area contributed by atoms with Crippen LogP contribution < -0.4 is 9.47 Å². The Balaban J connectivity index is 1.82. The molecule has 0 bridgehead atoms. The van der Waals surface area contributed by atoms with Gasteiger partial charge in [-0.25, -0.2) is 0 Å². The smallest absolute Gasteiger partial charge is 0.311 e. The number of ether oxygens (including phenoxy) is 2. The van der Waals surface area contributed by atoms with Gasteiger partial charge in [0.2, 0.25) is 0 Å². The minimum Gasteiger partial charge on any atom is -0.426 e. The maximum atomic E-state index is 11.9. The van der Waals surface area contributed by atoms with E-state index in [1.807, 2.05) is 0 Å². The topological polar surface area (TPSA) is 52.6 Å². The van der Waals surface area contributed by atoms with Gasteiger partial charge in [-0.1, -0.05) is 46.4 Å². The van der Waals surface area contributed by atoms with Crippen molar-refractivity contribution in [2.24, 2.45) is 0 Å². The quantitative estimate of drug-likeness (QED) is 0.395. The Morgan fingerprint density at radius 3 is 2.00 bits per heavy atom. The van der Waals surface area contributed by atoms with Gasteiger partial charge in [0.25, 0.3) is 0 Å². The molecule has 0 fully saturated rings. The van der Waals surface area contributed by atoms with Crippen LogP contribution in [0.1, 0.15) is 24.8 Å². The molecule has 0 saturated heterocycles. The molecule has 0 amide bonds. The van der Waals surface area contributed by atoms with Crippen LogP contribution in [0, 0.1) is 6.92 Å². The van der Waals surface area contributed by atoms with Crippen LogP contribution in [0.2, 0.25) is 20.1 Å².